The van der Waals surface area contributed by atoms with Gasteiger partial charge in [0.1, 0.15) is 0 Å². The Hall–Kier alpha value is -1.82. The number of nitrogens with zero attached hydrogens (tertiary/aromatic N) is 2. The lowest BCUT2D eigenvalue weighted by Gasteiger charge is -2.18. The topological polar surface area (TPSA) is 68.0 Å². The molecule has 0 aliphatic carbocycles. The van der Waals surface area contributed by atoms with Crippen LogP contribution in [0.5, 0.6) is 0 Å². The second-order valence-electron chi connectivity index (χ2n) is 7.25. The largest absolute Gasteiger partial charge is 0.411 e. The van der Waals surface area contributed by atoms with Gasteiger partial charge in [0.05, 0.1) is 5.75 Å². The average molecular weight is 362 g/mol. The van der Waals surface area contributed by atoms with Crippen LogP contribution >= 0.6 is 11.8 Å². The van der Waals surface area contributed by atoms with Gasteiger partial charge < -0.3 is 9.73 Å². The lowest BCUT2D eigenvalue weighted by Crippen LogP contribution is -2.33. The molecule has 5 nitrogen and oxygen atoms in total. The van der Waals surface area contributed by atoms with Gasteiger partial charge in [0.15, 0.2) is 0 Å². The number of carbonyl (C=O) groups is 1. The van der Waals surface area contributed by atoms with Gasteiger partial charge in [-0.1, -0.05) is 58.0 Å². The average Bonchev–Trinajstić information content (AvgIpc) is 3.01. The maximum Gasteiger partial charge on any atom is 0.277 e. The number of hydrogen-bond acceptors (Lipinski definition) is 5. The summed E-state index contributed by atoms with van der Waals surface area (Å²) in [5, 5.41) is 11.5. The van der Waals surface area contributed by atoms with Gasteiger partial charge in [-0.15, -0.1) is 10.2 Å². The molecule has 136 valence electrons. The van der Waals surface area contributed by atoms with E-state index in [1.165, 1.54) is 17.3 Å². The first-order valence-corrected chi connectivity index (χ1v) is 9.64. The standard InChI is InChI=1S/C19H27N3O2S/c1-6-7-13(2)20-16(23)12-25-18-22-21-17(24-18)14-8-10-15(11-9-14)19(3,4)5/h8-11,13H,6-7,12H2,1-5H3,(H,20,23)/t13-/m0/s1. The van der Waals surface area contributed by atoms with Gasteiger partial charge in [-0.25, -0.2) is 0 Å². The molecule has 0 unspecified atom stereocenters. The summed E-state index contributed by atoms with van der Waals surface area (Å²) < 4.78 is 5.66. The summed E-state index contributed by atoms with van der Waals surface area (Å²) in [6, 6.07) is 8.32. The minimum atomic E-state index is -0.0137. The van der Waals surface area contributed by atoms with Crippen LogP contribution in [0.3, 0.4) is 0 Å². The number of thioether (sulfide) groups is 1. The van der Waals surface area contributed by atoms with Crippen molar-refractivity contribution >= 4 is 17.7 Å². The van der Waals surface area contributed by atoms with E-state index in [-0.39, 0.29) is 23.1 Å². The Morgan fingerprint density at radius 1 is 1.24 bits per heavy atom. The first-order valence-electron chi connectivity index (χ1n) is 8.66. The Balaban J connectivity index is 1.93. The Morgan fingerprint density at radius 2 is 1.92 bits per heavy atom. The molecule has 1 heterocycles. The third kappa shape index (κ3) is 5.88. The molecule has 0 spiro atoms. The van der Waals surface area contributed by atoms with Gasteiger partial charge in [-0.2, -0.15) is 0 Å². The van der Waals surface area contributed by atoms with E-state index in [4.69, 9.17) is 4.42 Å². The van der Waals surface area contributed by atoms with Gasteiger partial charge >= 0.3 is 0 Å². The van der Waals surface area contributed by atoms with Crippen molar-refractivity contribution in [1.29, 1.82) is 0 Å². The fraction of sp³-hybridized carbons (Fsp3) is 0.526. The van der Waals surface area contributed by atoms with E-state index in [2.05, 4.69) is 55.3 Å². The molecule has 1 atom stereocenters. The summed E-state index contributed by atoms with van der Waals surface area (Å²) in [4.78, 5) is 11.9. The number of carbonyl (C=O) groups excluding carboxylic acids is 1. The van der Waals surface area contributed by atoms with Gasteiger partial charge in [-0.05, 0) is 36.5 Å². The molecule has 0 aliphatic rings. The number of benzene rings is 1. The number of hydrogen-bond donors (Lipinski definition) is 1. The fourth-order valence-electron chi connectivity index (χ4n) is 2.45. The van der Waals surface area contributed by atoms with Crippen LogP contribution in [0, 0.1) is 0 Å². The van der Waals surface area contributed by atoms with E-state index in [9.17, 15) is 4.79 Å². The molecule has 2 rings (SSSR count). The Bertz CT molecular complexity index is 689. The van der Waals surface area contributed by atoms with E-state index < -0.39 is 0 Å². The van der Waals surface area contributed by atoms with Crippen molar-refractivity contribution in [2.75, 3.05) is 5.75 Å². The maximum absolute atomic E-state index is 11.9. The molecule has 2 aromatic rings. The predicted molar refractivity (Wildman–Crippen MR) is 102 cm³/mol. The molecule has 1 aromatic heterocycles. The van der Waals surface area contributed by atoms with Crippen molar-refractivity contribution in [2.24, 2.45) is 0 Å². The molecule has 0 bridgehead atoms. The monoisotopic (exact) mass is 361 g/mol. The van der Waals surface area contributed by atoms with Crippen molar-refractivity contribution in [2.45, 2.75) is 64.1 Å². The minimum Gasteiger partial charge on any atom is -0.411 e. The highest BCUT2D eigenvalue weighted by Crippen LogP contribution is 2.27. The van der Waals surface area contributed by atoms with Crippen molar-refractivity contribution < 1.29 is 9.21 Å². The lowest BCUT2D eigenvalue weighted by molar-refractivity contribution is -0.119. The molecule has 0 saturated carbocycles. The van der Waals surface area contributed by atoms with Crippen LogP contribution < -0.4 is 5.32 Å². The van der Waals surface area contributed by atoms with Gasteiger partial charge in [0.2, 0.25) is 11.8 Å². The SMILES string of the molecule is CCC[C@H](C)NC(=O)CSc1nnc(-c2ccc(C(C)(C)C)cc2)o1. The van der Waals surface area contributed by atoms with Crippen LogP contribution in [0.2, 0.25) is 0 Å². The summed E-state index contributed by atoms with van der Waals surface area (Å²) in [5.74, 6) is 0.738. The van der Waals surface area contributed by atoms with E-state index in [1.54, 1.807) is 0 Å². The second-order valence-corrected chi connectivity index (χ2v) is 8.17. The minimum absolute atomic E-state index is 0.0137. The van der Waals surface area contributed by atoms with Crippen LogP contribution in [0.25, 0.3) is 11.5 Å². The highest BCUT2D eigenvalue weighted by Gasteiger charge is 2.15. The second kappa shape index (κ2) is 8.52. The Kier molecular flexibility index (Phi) is 6.64. The molecule has 6 heteroatoms. The number of rotatable bonds is 7. The van der Waals surface area contributed by atoms with Crippen LogP contribution in [0.1, 0.15) is 53.0 Å². The first kappa shape index (κ1) is 19.5. The molecule has 1 amide bonds. The van der Waals surface area contributed by atoms with Gasteiger partial charge in [0.25, 0.3) is 5.22 Å². The Labute approximate surface area is 154 Å². The zero-order valence-corrected chi connectivity index (χ0v) is 16.4. The van der Waals surface area contributed by atoms with Crippen molar-refractivity contribution in [3.05, 3.63) is 29.8 Å². The third-order valence-corrected chi connectivity index (χ3v) is 4.68. The molecule has 1 aromatic carbocycles. The molecule has 0 aliphatic heterocycles. The molecular weight excluding hydrogens is 334 g/mol. The van der Waals surface area contributed by atoms with Crippen molar-refractivity contribution in [1.82, 2.24) is 15.5 Å². The van der Waals surface area contributed by atoms with Crippen LogP contribution in [0.4, 0.5) is 0 Å². The molecule has 0 saturated heterocycles. The predicted octanol–water partition coefficient (Wildman–Crippen LogP) is 4.43. The summed E-state index contributed by atoms with van der Waals surface area (Å²) in [6.07, 6.45) is 2.03. The quantitative estimate of drug-likeness (QED) is 0.739. The molecule has 25 heavy (non-hydrogen) atoms. The van der Waals surface area contributed by atoms with Crippen molar-refractivity contribution in [3.63, 3.8) is 0 Å². The van der Waals surface area contributed by atoms with Crippen LogP contribution in [-0.4, -0.2) is 27.9 Å². The first-order chi connectivity index (χ1) is 11.8. The van der Waals surface area contributed by atoms with Gasteiger partial charge in [0, 0.05) is 11.6 Å². The Morgan fingerprint density at radius 3 is 2.52 bits per heavy atom. The van der Waals surface area contributed by atoms with Gasteiger partial charge in [-0.3, -0.25) is 4.79 Å². The summed E-state index contributed by atoms with van der Waals surface area (Å²) in [6.45, 7) is 10.6. The van der Waals surface area contributed by atoms with E-state index >= 15 is 0 Å². The van der Waals surface area contributed by atoms with Crippen LogP contribution in [-0.2, 0) is 10.2 Å². The number of amides is 1. The molecule has 1 N–H and O–H groups in total. The highest BCUT2D eigenvalue weighted by molar-refractivity contribution is 7.99. The van der Waals surface area contributed by atoms with E-state index in [0.29, 0.717) is 11.1 Å². The third-order valence-electron chi connectivity index (χ3n) is 3.86. The zero-order valence-electron chi connectivity index (χ0n) is 15.6. The lowest BCUT2D eigenvalue weighted by atomic mass is 9.87. The molecule has 0 fully saturated rings. The normalized spacial score (nSPS) is 12.8. The summed E-state index contributed by atoms with van der Waals surface area (Å²) >= 11 is 1.26. The van der Waals surface area contributed by atoms with E-state index in [1.807, 2.05) is 19.1 Å². The van der Waals surface area contributed by atoms with Crippen molar-refractivity contribution in [3.8, 4) is 11.5 Å². The number of aromatic nitrogens is 2. The number of nitrogens with one attached hydrogen (secondary N) is 1. The summed E-state index contributed by atoms with van der Waals surface area (Å²) in [5.41, 5.74) is 2.24. The molecular formula is C19H27N3O2S. The summed E-state index contributed by atoms with van der Waals surface area (Å²) in [7, 11) is 0. The van der Waals surface area contributed by atoms with Crippen LogP contribution in [0.15, 0.2) is 33.9 Å². The highest BCUT2D eigenvalue weighted by atomic mass is 32.2. The fourth-order valence-corrected chi connectivity index (χ4v) is 3.02. The molecule has 0 radical (unpaired) electrons. The zero-order chi connectivity index (χ0) is 18.4. The smallest absolute Gasteiger partial charge is 0.277 e. The van der Waals surface area contributed by atoms with E-state index in [0.717, 1.165) is 18.4 Å². The maximum atomic E-state index is 11.9.